The number of carbonyl (C=O) groups is 1. The molecule has 78 valence electrons. The highest BCUT2D eigenvalue weighted by Gasteiger charge is 2.02. The molecular formula is C11H11FN2O. The molecular weight excluding hydrogens is 195 g/mol. The molecule has 3 nitrogen and oxygen atoms in total. The van der Waals surface area contributed by atoms with E-state index < -0.39 is 5.82 Å². The lowest BCUT2D eigenvalue weighted by atomic mass is 10.1. The van der Waals surface area contributed by atoms with Gasteiger partial charge in [0.25, 0.3) is 0 Å². The summed E-state index contributed by atoms with van der Waals surface area (Å²) >= 11 is 0. The van der Waals surface area contributed by atoms with E-state index in [0.717, 1.165) is 0 Å². The van der Waals surface area contributed by atoms with Crippen molar-refractivity contribution in [3.05, 3.63) is 29.6 Å². The zero-order chi connectivity index (χ0) is 11.3. The van der Waals surface area contributed by atoms with Crippen LogP contribution in [0, 0.1) is 17.7 Å². The first-order valence-electron chi connectivity index (χ1n) is 4.39. The molecule has 0 aliphatic carbocycles. The first-order valence-corrected chi connectivity index (χ1v) is 4.39. The Morgan fingerprint density at radius 1 is 1.60 bits per heavy atom. The fourth-order valence-corrected chi connectivity index (χ4v) is 1.06. The van der Waals surface area contributed by atoms with E-state index in [9.17, 15) is 9.18 Å². The molecule has 0 spiro atoms. The summed E-state index contributed by atoms with van der Waals surface area (Å²) < 4.78 is 12.9. The van der Waals surface area contributed by atoms with Crippen LogP contribution in [0.15, 0.2) is 18.2 Å². The van der Waals surface area contributed by atoms with Crippen molar-refractivity contribution in [1.82, 2.24) is 0 Å². The largest absolute Gasteiger partial charge is 0.325 e. The van der Waals surface area contributed by atoms with Gasteiger partial charge >= 0.3 is 0 Å². The third-order valence-electron chi connectivity index (χ3n) is 1.62. The number of anilines is 1. The van der Waals surface area contributed by atoms with E-state index >= 15 is 0 Å². The summed E-state index contributed by atoms with van der Waals surface area (Å²) in [7, 11) is 0. The van der Waals surface area contributed by atoms with Gasteiger partial charge in [-0.2, -0.15) is 0 Å². The van der Waals surface area contributed by atoms with E-state index in [2.05, 4.69) is 17.2 Å². The summed E-state index contributed by atoms with van der Waals surface area (Å²) in [5.41, 5.74) is 6.13. The van der Waals surface area contributed by atoms with Crippen molar-refractivity contribution in [3.63, 3.8) is 0 Å². The van der Waals surface area contributed by atoms with Crippen molar-refractivity contribution >= 4 is 11.6 Å². The first-order chi connectivity index (χ1) is 7.13. The fourth-order valence-electron chi connectivity index (χ4n) is 1.06. The molecule has 0 aliphatic rings. The highest BCUT2D eigenvalue weighted by molar-refractivity contribution is 5.90. The van der Waals surface area contributed by atoms with Gasteiger partial charge in [-0.25, -0.2) is 4.39 Å². The monoisotopic (exact) mass is 206 g/mol. The number of nitrogens with two attached hydrogens (primary N) is 1. The van der Waals surface area contributed by atoms with Gasteiger partial charge in [0.1, 0.15) is 5.82 Å². The lowest BCUT2D eigenvalue weighted by molar-refractivity contribution is -0.114. The van der Waals surface area contributed by atoms with Gasteiger partial charge in [-0.1, -0.05) is 11.8 Å². The topological polar surface area (TPSA) is 55.1 Å². The number of halogens is 1. The Bertz CT molecular complexity index is 432. The second-order valence-electron chi connectivity index (χ2n) is 2.88. The third-order valence-corrected chi connectivity index (χ3v) is 1.62. The average Bonchev–Trinajstić information content (AvgIpc) is 2.18. The molecule has 0 fully saturated rings. The molecule has 0 bridgehead atoms. The van der Waals surface area contributed by atoms with Gasteiger partial charge in [0.2, 0.25) is 5.91 Å². The molecule has 0 radical (unpaired) electrons. The Labute approximate surface area is 87.5 Å². The summed E-state index contributed by atoms with van der Waals surface area (Å²) in [6.07, 6.45) is 0. The number of benzene rings is 1. The second kappa shape index (κ2) is 5.13. The standard InChI is InChI=1S/C11H11FN2O/c1-8(15)14-11-5-4-10(12)7-9(11)3-2-6-13/h4-5,7H,6,13H2,1H3,(H,14,15). The first kappa shape index (κ1) is 11.2. The van der Waals surface area contributed by atoms with Crippen molar-refractivity contribution in [3.8, 4) is 11.8 Å². The maximum atomic E-state index is 12.9. The summed E-state index contributed by atoms with van der Waals surface area (Å²) in [6.45, 7) is 1.57. The Kier molecular flexibility index (Phi) is 3.83. The lowest BCUT2D eigenvalue weighted by Gasteiger charge is -2.04. The van der Waals surface area contributed by atoms with Crippen molar-refractivity contribution in [2.24, 2.45) is 5.73 Å². The van der Waals surface area contributed by atoms with Crippen LogP contribution in [0.4, 0.5) is 10.1 Å². The molecule has 3 N–H and O–H groups in total. The summed E-state index contributed by atoms with van der Waals surface area (Å²) in [5.74, 6) is 4.67. The molecule has 1 amide bonds. The van der Waals surface area contributed by atoms with Crippen LogP contribution in [0.3, 0.4) is 0 Å². The Morgan fingerprint density at radius 2 is 2.33 bits per heavy atom. The van der Waals surface area contributed by atoms with Crippen LogP contribution < -0.4 is 11.1 Å². The summed E-state index contributed by atoms with van der Waals surface area (Å²) in [6, 6.07) is 3.99. The minimum absolute atomic E-state index is 0.191. The molecule has 0 heterocycles. The molecule has 0 unspecified atom stereocenters. The molecule has 1 aromatic carbocycles. The van der Waals surface area contributed by atoms with Gasteiger partial charge in [-0.15, -0.1) is 0 Å². The minimum Gasteiger partial charge on any atom is -0.325 e. The molecule has 0 atom stereocenters. The van der Waals surface area contributed by atoms with E-state index in [0.29, 0.717) is 11.3 Å². The predicted octanol–water partition coefficient (Wildman–Crippen LogP) is 1.09. The highest BCUT2D eigenvalue weighted by Crippen LogP contribution is 2.15. The molecule has 1 rings (SSSR count). The van der Waals surface area contributed by atoms with E-state index in [-0.39, 0.29) is 12.5 Å². The van der Waals surface area contributed by atoms with E-state index in [1.165, 1.54) is 25.1 Å². The molecule has 1 aromatic rings. The van der Waals surface area contributed by atoms with Crippen LogP contribution in [0.25, 0.3) is 0 Å². The fraction of sp³-hybridized carbons (Fsp3) is 0.182. The van der Waals surface area contributed by atoms with Gasteiger partial charge in [0.15, 0.2) is 0 Å². The molecule has 0 aliphatic heterocycles. The van der Waals surface area contributed by atoms with E-state index in [1.54, 1.807) is 0 Å². The molecule has 4 heteroatoms. The number of amides is 1. The van der Waals surface area contributed by atoms with Crippen LogP contribution in [0.2, 0.25) is 0 Å². The van der Waals surface area contributed by atoms with Crippen LogP contribution >= 0.6 is 0 Å². The van der Waals surface area contributed by atoms with E-state index in [1.807, 2.05) is 0 Å². The van der Waals surface area contributed by atoms with Crippen molar-refractivity contribution in [2.75, 3.05) is 11.9 Å². The van der Waals surface area contributed by atoms with E-state index in [4.69, 9.17) is 5.73 Å². The SMILES string of the molecule is CC(=O)Nc1ccc(F)cc1C#CCN. The number of hydrogen-bond acceptors (Lipinski definition) is 2. The zero-order valence-electron chi connectivity index (χ0n) is 8.30. The second-order valence-corrected chi connectivity index (χ2v) is 2.88. The van der Waals surface area contributed by atoms with Gasteiger partial charge in [0.05, 0.1) is 17.8 Å². The number of rotatable bonds is 1. The Balaban J connectivity index is 3.08. The Morgan fingerprint density at radius 3 is 2.93 bits per heavy atom. The molecule has 0 saturated carbocycles. The summed E-state index contributed by atoms with van der Waals surface area (Å²) in [5, 5.41) is 2.56. The van der Waals surface area contributed by atoms with Crippen LogP contribution in [-0.4, -0.2) is 12.5 Å². The predicted molar refractivity (Wildman–Crippen MR) is 56.6 cm³/mol. The normalized spacial score (nSPS) is 9.00. The maximum absolute atomic E-state index is 12.9. The molecule has 0 aromatic heterocycles. The van der Waals surface area contributed by atoms with Crippen LogP contribution in [0.5, 0.6) is 0 Å². The number of nitrogens with one attached hydrogen (secondary N) is 1. The quantitative estimate of drug-likeness (QED) is 0.676. The van der Waals surface area contributed by atoms with Gasteiger partial charge in [0, 0.05) is 6.92 Å². The number of carbonyl (C=O) groups excluding carboxylic acids is 1. The van der Waals surface area contributed by atoms with Crippen LogP contribution in [-0.2, 0) is 4.79 Å². The lowest BCUT2D eigenvalue weighted by Crippen LogP contribution is -2.07. The Hall–Kier alpha value is -1.86. The minimum atomic E-state index is -0.398. The summed E-state index contributed by atoms with van der Waals surface area (Å²) in [4.78, 5) is 10.8. The van der Waals surface area contributed by atoms with Gasteiger partial charge < -0.3 is 11.1 Å². The van der Waals surface area contributed by atoms with Gasteiger partial charge in [-0.3, -0.25) is 4.79 Å². The van der Waals surface area contributed by atoms with Crippen molar-refractivity contribution < 1.29 is 9.18 Å². The highest BCUT2D eigenvalue weighted by atomic mass is 19.1. The molecule has 0 saturated heterocycles. The van der Waals surface area contributed by atoms with Crippen molar-refractivity contribution in [1.29, 1.82) is 0 Å². The number of hydrogen-bond donors (Lipinski definition) is 2. The van der Waals surface area contributed by atoms with Gasteiger partial charge in [-0.05, 0) is 18.2 Å². The smallest absolute Gasteiger partial charge is 0.221 e. The molecule has 15 heavy (non-hydrogen) atoms. The van der Waals surface area contributed by atoms with Crippen LogP contribution in [0.1, 0.15) is 12.5 Å². The average molecular weight is 206 g/mol. The third kappa shape index (κ3) is 3.41. The zero-order valence-corrected chi connectivity index (χ0v) is 8.30. The maximum Gasteiger partial charge on any atom is 0.221 e. The van der Waals surface area contributed by atoms with Crippen molar-refractivity contribution in [2.45, 2.75) is 6.92 Å².